The van der Waals surface area contributed by atoms with Gasteiger partial charge in [-0.15, -0.1) is 0 Å². The molecule has 0 unspecified atom stereocenters. The van der Waals surface area contributed by atoms with Crippen LogP contribution in [0.25, 0.3) is 0 Å². The molecule has 0 spiro atoms. The Labute approximate surface area is 152 Å². The van der Waals surface area contributed by atoms with Crippen LogP contribution < -0.4 is 9.47 Å². The van der Waals surface area contributed by atoms with Gasteiger partial charge in [0, 0.05) is 44.6 Å². The van der Waals surface area contributed by atoms with Crippen molar-refractivity contribution in [2.45, 2.75) is 25.9 Å². The molecule has 2 aliphatic heterocycles. The van der Waals surface area contributed by atoms with E-state index in [0.717, 1.165) is 35.5 Å². The second-order valence-corrected chi connectivity index (χ2v) is 6.62. The molecule has 6 heteroatoms. The number of ether oxygens (including phenoxy) is 3. The van der Waals surface area contributed by atoms with Crippen LogP contribution in [-0.2, 0) is 22.6 Å². The van der Waals surface area contributed by atoms with Crippen molar-refractivity contribution in [1.29, 1.82) is 0 Å². The molecule has 1 fully saturated rings. The molecular weight excluding hydrogens is 332 g/mol. The third kappa shape index (κ3) is 3.80. The minimum atomic E-state index is 0.0274. The van der Waals surface area contributed by atoms with Crippen molar-refractivity contribution < 1.29 is 19.0 Å². The summed E-state index contributed by atoms with van der Waals surface area (Å²) in [5, 5.41) is 0. The Morgan fingerprint density at radius 2 is 1.73 bits per heavy atom. The molecule has 0 radical (unpaired) electrons. The number of benzene rings is 1. The molecule has 1 aromatic carbocycles. The Morgan fingerprint density at radius 1 is 1.00 bits per heavy atom. The lowest BCUT2D eigenvalue weighted by Crippen LogP contribution is -2.37. The molecule has 26 heavy (non-hydrogen) atoms. The maximum Gasteiger partial charge on any atom is 0.231 e. The van der Waals surface area contributed by atoms with Crippen LogP contribution in [0.1, 0.15) is 24.0 Å². The lowest BCUT2D eigenvalue weighted by molar-refractivity contribution is -0.139. The van der Waals surface area contributed by atoms with Crippen molar-refractivity contribution >= 4 is 5.91 Å². The summed E-state index contributed by atoms with van der Waals surface area (Å²) in [6.07, 6.45) is 5.08. The Balaban J connectivity index is 1.54. The highest BCUT2D eigenvalue weighted by Crippen LogP contribution is 2.33. The smallest absolute Gasteiger partial charge is 0.231 e. The average Bonchev–Trinajstić information content (AvgIpc) is 3.16. The molecule has 0 aliphatic carbocycles. The lowest BCUT2D eigenvalue weighted by Gasteiger charge is -2.29. The van der Waals surface area contributed by atoms with E-state index in [1.165, 1.54) is 0 Å². The van der Waals surface area contributed by atoms with Crippen molar-refractivity contribution in [3.8, 4) is 11.5 Å². The number of amides is 1. The van der Waals surface area contributed by atoms with Crippen molar-refractivity contribution in [3.05, 3.63) is 53.9 Å². The molecule has 0 saturated carbocycles. The van der Waals surface area contributed by atoms with Crippen molar-refractivity contribution in [2.75, 3.05) is 20.0 Å². The summed E-state index contributed by atoms with van der Waals surface area (Å²) in [5.74, 6) is 1.71. The third-order valence-electron chi connectivity index (χ3n) is 4.82. The fourth-order valence-corrected chi connectivity index (χ4v) is 3.38. The second kappa shape index (κ2) is 7.74. The minimum absolute atomic E-state index is 0.0274. The van der Waals surface area contributed by atoms with Gasteiger partial charge < -0.3 is 19.1 Å². The van der Waals surface area contributed by atoms with E-state index in [9.17, 15) is 4.79 Å². The zero-order valence-corrected chi connectivity index (χ0v) is 14.6. The first-order valence-corrected chi connectivity index (χ1v) is 8.93. The Kier molecular flexibility index (Phi) is 5.02. The lowest BCUT2D eigenvalue weighted by atomic mass is 9.98. The predicted octanol–water partition coefficient (Wildman–Crippen LogP) is 2.77. The first-order valence-electron chi connectivity index (χ1n) is 8.93. The van der Waals surface area contributed by atoms with Crippen molar-refractivity contribution in [1.82, 2.24) is 9.88 Å². The van der Waals surface area contributed by atoms with Gasteiger partial charge in [-0.1, -0.05) is 6.07 Å². The molecule has 1 amide bonds. The molecule has 0 N–H and O–H groups in total. The summed E-state index contributed by atoms with van der Waals surface area (Å²) in [6, 6.07) is 9.75. The molecule has 3 heterocycles. The van der Waals surface area contributed by atoms with Gasteiger partial charge in [-0.3, -0.25) is 9.78 Å². The van der Waals surface area contributed by atoms with Crippen LogP contribution in [0.5, 0.6) is 11.5 Å². The van der Waals surface area contributed by atoms with E-state index in [1.54, 1.807) is 12.4 Å². The van der Waals surface area contributed by atoms with Gasteiger partial charge >= 0.3 is 0 Å². The van der Waals surface area contributed by atoms with Crippen LogP contribution in [0.2, 0.25) is 0 Å². The van der Waals surface area contributed by atoms with Crippen molar-refractivity contribution in [3.63, 3.8) is 0 Å². The van der Waals surface area contributed by atoms with Gasteiger partial charge in [0.1, 0.15) is 0 Å². The number of carbonyl (C=O) groups excluding carboxylic acids is 1. The molecule has 136 valence electrons. The predicted molar refractivity (Wildman–Crippen MR) is 94.6 cm³/mol. The highest BCUT2D eigenvalue weighted by Gasteiger charge is 2.27. The van der Waals surface area contributed by atoms with E-state index in [-0.39, 0.29) is 18.6 Å². The largest absolute Gasteiger partial charge is 0.454 e. The molecule has 6 nitrogen and oxygen atoms in total. The average molecular weight is 354 g/mol. The van der Waals surface area contributed by atoms with Gasteiger partial charge in [0.15, 0.2) is 11.5 Å². The van der Waals surface area contributed by atoms with E-state index < -0.39 is 0 Å². The highest BCUT2D eigenvalue weighted by molar-refractivity contribution is 5.79. The number of hydrogen-bond acceptors (Lipinski definition) is 5. The quantitative estimate of drug-likeness (QED) is 0.826. The number of pyridine rings is 1. The molecule has 2 aromatic rings. The Morgan fingerprint density at radius 3 is 2.54 bits per heavy atom. The second-order valence-electron chi connectivity index (χ2n) is 6.62. The van der Waals surface area contributed by atoms with Gasteiger partial charge in [0.05, 0.1) is 0 Å². The van der Waals surface area contributed by atoms with Gasteiger partial charge in [0.2, 0.25) is 12.7 Å². The molecular formula is C20H22N2O4. The third-order valence-corrected chi connectivity index (χ3v) is 4.82. The topological polar surface area (TPSA) is 60.9 Å². The standard InChI is InChI=1S/C20H22N2O4/c23-20(17-5-9-24-10-6-17)22(12-15-3-7-21-8-4-15)13-16-1-2-18-19(11-16)26-14-25-18/h1-4,7-8,11,17H,5-6,9-10,12-14H2. The summed E-state index contributed by atoms with van der Waals surface area (Å²) < 4.78 is 16.2. The number of rotatable bonds is 5. The van der Waals surface area contributed by atoms with Gasteiger partial charge in [-0.05, 0) is 48.2 Å². The fraction of sp³-hybridized carbons (Fsp3) is 0.400. The summed E-state index contributed by atoms with van der Waals surface area (Å²) >= 11 is 0. The van der Waals surface area contributed by atoms with E-state index in [0.29, 0.717) is 26.3 Å². The first-order chi connectivity index (χ1) is 12.8. The first kappa shape index (κ1) is 16.8. The SMILES string of the molecule is O=C(C1CCOCC1)N(Cc1ccncc1)Cc1ccc2c(c1)OCO2. The summed E-state index contributed by atoms with van der Waals surface area (Å²) in [5.41, 5.74) is 2.10. The molecule has 0 bridgehead atoms. The van der Waals surface area contributed by atoms with Crippen LogP contribution in [0.15, 0.2) is 42.7 Å². The summed E-state index contributed by atoms with van der Waals surface area (Å²) in [4.78, 5) is 19.1. The maximum atomic E-state index is 13.1. The van der Waals surface area contributed by atoms with Crippen LogP contribution in [0.3, 0.4) is 0 Å². The van der Waals surface area contributed by atoms with Gasteiger partial charge in [-0.2, -0.15) is 0 Å². The monoisotopic (exact) mass is 354 g/mol. The molecule has 1 saturated heterocycles. The summed E-state index contributed by atoms with van der Waals surface area (Å²) in [7, 11) is 0. The number of hydrogen-bond donors (Lipinski definition) is 0. The Bertz CT molecular complexity index is 760. The molecule has 2 aliphatic rings. The van der Waals surface area contributed by atoms with Gasteiger partial charge in [0.25, 0.3) is 0 Å². The van der Waals surface area contributed by atoms with E-state index >= 15 is 0 Å². The number of aromatic nitrogens is 1. The van der Waals surface area contributed by atoms with Gasteiger partial charge in [-0.25, -0.2) is 0 Å². The Hall–Kier alpha value is -2.60. The number of fused-ring (bicyclic) bond motifs is 1. The zero-order valence-electron chi connectivity index (χ0n) is 14.6. The highest BCUT2D eigenvalue weighted by atomic mass is 16.7. The number of carbonyl (C=O) groups is 1. The summed E-state index contributed by atoms with van der Waals surface area (Å²) in [6.45, 7) is 2.66. The molecule has 0 atom stereocenters. The normalized spacial score (nSPS) is 16.5. The fourth-order valence-electron chi connectivity index (χ4n) is 3.38. The zero-order chi connectivity index (χ0) is 17.8. The number of nitrogens with zero attached hydrogens (tertiary/aromatic N) is 2. The molecule has 1 aromatic heterocycles. The van der Waals surface area contributed by atoms with Crippen LogP contribution in [-0.4, -0.2) is 35.8 Å². The van der Waals surface area contributed by atoms with Crippen LogP contribution in [0.4, 0.5) is 0 Å². The van der Waals surface area contributed by atoms with E-state index in [1.807, 2.05) is 35.2 Å². The van der Waals surface area contributed by atoms with Crippen LogP contribution in [0, 0.1) is 5.92 Å². The maximum absolute atomic E-state index is 13.1. The van der Waals surface area contributed by atoms with Crippen LogP contribution >= 0.6 is 0 Å². The van der Waals surface area contributed by atoms with E-state index in [2.05, 4.69) is 4.98 Å². The van der Waals surface area contributed by atoms with Crippen molar-refractivity contribution in [2.24, 2.45) is 5.92 Å². The van der Waals surface area contributed by atoms with E-state index in [4.69, 9.17) is 14.2 Å². The molecule has 4 rings (SSSR count). The minimum Gasteiger partial charge on any atom is -0.454 e.